The van der Waals surface area contributed by atoms with Crippen LogP contribution in [0, 0.1) is 0 Å². The van der Waals surface area contributed by atoms with E-state index < -0.39 is 0 Å². The Morgan fingerprint density at radius 1 is 1.21 bits per heavy atom. The molecule has 0 saturated carbocycles. The summed E-state index contributed by atoms with van der Waals surface area (Å²) < 4.78 is 0. The molecule has 0 saturated heterocycles. The van der Waals surface area contributed by atoms with Crippen LogP contribution < -0.4 is 0 Å². The van der Waals surface area contributed by atoms with Gasteiger partial charge in [0.15, 0.2) is 0 Å². The number of benzene rings is 1. The summed E-state index contributed by atoms with van der Waals surface area (Å²) in [4.78, 5) is -0.333. The van der Waals surface area contributed by atoms with Crippen LogP contribution in [0.15, 0.2) is 54.1 Å². The van der Waals surface area contributed by atoms with E-state index in [-0.39, 0.29) is 4.87 Å². The molecule has 0 radical (unpaired) electrons. The molecule has 1 aliphatic carbocycles. The predicted octanol–water partition coefficient (Wildman–Crippen LogP) is 4.03. The van der Waals surface area contributed by atoms with E-state index in [1.54, 1.807) is 0 Å². The molecule has 0 aromatic heterocycles. The summed E-state index contributed by atoms with van der Waals surface area (Å²) in [5.74, 6) is 0. The minimum absolute atomic E-state index is 0.333. The van der Waals surface area contributed by atoms with Gasteiger partial charge in [0.2, 0.25) is 0 Å². The van der Waals surface area contributed by atoms with Crippen LogP contribution in [0.2, 0.25) is 0 Å². The summed E-state index contributed by atoms with van der Waals surface area (Å²) in [5.41, 5.74) is 2.46. The first kappa shape index (κ1) is 9.54. The van der Waals surface area contributed by atoms with E-state index in [1.807, 2.05) is 18.2 Å². The second-order valence-corrected chi connectivity index (χ2v) is 4.39. The Morgan fingerprint density at radius 3 is 2.50 bits per heavy atom. The lowest BCUT2D eigenvalue weighted by atomic mass is 9.90. The third kappa shape index (κ3) is 1.76. The van der Waals surface area contributed by atoms with Crippen molar-refractivity contribution in [2.75, 3.05) is 0 Å². The van der Waals surface area contributed by atoms with Gasteiger partial charge in [0.25, 0.3) is 0 Å². The van der Waals surface area contributed by atoms with Crippen LogP contribution >= 0.6 is 11.6 Å². The largest absolute Gasteiger partial charge is 0.109 e. The number of hydrogen-bond donors (Lipinski definition) is 0. The van der Waals surface area contributed by atoms with Crippen molar-refractivity contribution in [1.82, 2.24) is 0 Å². The quantitative estimate of drug-likeness (QED) is 0.606. The third-order valence-electron chi connectivity index (χ3n) is 2.59. The molecule has 1 unspecified atom stereocenters. The van der Waals surface area contributed by atoms with Crippen molar-refractivity contribution in [3.8, 4) is 0 Å². The SMILES string of the molecule is CC1=CCC(Cl)(c2ccccc2)C=C1. The van der Waals surface area contributed by atoms with E-state index in [9.17, 15) is 0 Å². The van der Waals surface area contributed by atoms with Gasteiger partial charge in [0, 0.05) is 0 Å². The first-order valence-corrected chi connectivity index (χ1v) is 5.19. The summed E-state index contributed by atoms with van der Waals surface area (Å²) >= 11 is 6.53. The van der Waals surface area contributed by atoms with Crippen LogP contribution in [-0.4, -0.2) is 0 Å². The standard InChI is InChI=1S/C13H13Cl/c1-11-7-9-13(14,10-8-11)12-5-3-2-4-6-12/h2-9H,10H2,1H3. The minimum Gasteiger partial charge on any atom is -0.109 e. The summed E-state index contributed by atoms with van der Waals surface area (Å²) in [6, 6.07) is 10.2. The Kier molecular flexibility index (Phi) is 2.47. The maximum Gasteiger partial charge on any atom is 0.0912 e. The van der Waals surface area contributed by atoms with Crippen molar-refractivity contribution in [3.63, 3.8) is 0 Å². The molecule has 1 aromatic carbocycles. The normalized spacial score (nSPS) is 26.0. The van der Waals surface area contributed by atoms with Crippen LogP contribution in [-0.2, 0) is 4.87 Å². The van der Waals surface area contributed by atoms with Gasteiger partial charge in [0.05, 0.1) is 4.87 Å². The Hall–Kier alpha value is -1.01. The number of rotatable bonds is 1. The zero-order chi connectivity index (χ0) is 10.0. The highest BCUT2D eigenvalue weighted by atomic mass is 35.5. The number of halogens is 1. The zero-order valence-corrected chi connectivity index (χ0v) is 8.96. The fourth-order valence-electron chi connectivity index (χ4n) is 1.64. The van der Waals surface area contributed by atoms with Gasteiger partial charge in [-0.3, -0.25) is 0 Å². The maximum absolute atomic E-state index is 6.53. The van der Waals surface area contributed by atoms with Gasteiger partial charge in [-0.05, 0) is 18.9 Å². The van der Waals surface area contributed by atoms with E-state index >= 15 is 0 Å². The highest BCUT2D eigenvalue weighted by molar-refractivity contribution is 6.25. The molecule has 0 nitrogen and oxygen atoms in total. The molecule has 1 aromatic rings. The van der Waals surface area contributed by atoms with Crippen molar-refractivity contribution in [3.05, 3.63) is 59.7 Å². The second kappa shape index (κ2) is 3.62. The Bertz CT molecular complexity index is 375. The lowest BCUT2D eigenvalue weighted by Crippen LogP contribution is -2.16. The lowest BCUT2D eigenvalue weighted by Gasteiger charge is -2.25. The molecule has 0 amide bonds. The number of alkyl halides is 1. The molecular formula is C13H13Cl. The molecule has 72 valence electrons. The van der Waals surface area contributed by atoms with E-state index in [0.717, 1.165) is 6.42 Å². The molecular weight excluding hydrogens is 192 g/mol. The monoisotopic (exact) mass is 204 g/mol. The summed E-state index contributed by atoms with van der Waals surface area (Å²) in [7, 11) is 0. The van der Waals surface area contributed by atoms with E-state index in [1.165, 1.54) is 11.1 Å². The first-order chi connectivity index (χ1) is 6.71. The minimum atomic E-state index is -0.333. The molecule has 0 bridgehead atoms. The van der Waals surface area contributed by atoms with Crippen molar-refractivity contribution >= 4 is 11.6 Å². The lowest BCUT2D eigenvalue weighted by molar-refractivity contribution is 0.757. The maximum atomic E-state index is 6.53. The van der Waals surface area contributed by atoms with Crippen LogP contribution in [0.4, 0.5) is 0 Å². The summed E-state index contributed by atoms with van der Waals surface area (Å²) in [5, 5.41) is 0. The summed E-state index contributed by atoms with van der Waals surface area (Å²) in [6.45, 7) is 2.10. The van der Waals surface area contributed by atoms with Crippen molar-refractivity contribution < 1.29 is 0 Å². The molecule has 1 heteroatoms. The van der Waals surface area contributed by atoms with Crippen LogP contribution in [0.3, 0.4) is 0 Å². The Morgan fingerprint density at radius 2 is 1.93 bits per heavy atom. The highest BCUT2D eigenvalue weighted by Gasteiger charge is 2.26. The van der Waals surface area contributed by atoms with Gasteiger partial charge in [-0.1, -0.05) is 54.1 Å². The van der Waals surface area contributed by atoms with Crippen molar-refractivity contribution in [2.24, 2.45) is 0 Å². The fraction of sp³-hybridized carbons (Fsp3) is 0.231. The second-order valence-electron chi connectivity index (χ2n) is 3.71. The van der Waals surface area contributed by atoms with Gasteiger partial charge < -0.3 is 0 Å². The smallest absolute Gasteiger partial charge is 0.0912 e. The summed E-state index contributed by atoms with van der Waals surface area (Å²) in [6.07, 6.45) is 7.23. The first-order valence-electron chi connectivity index (χ1n) is 4.81. The molecule has 1 aliphatic rings. The van der Waals surface area contributed by atoms with E-state index in [0.29, 0.717) is 0 Å². The molecule has 2 rings (SSSR count). The highest BCUT2D eigenvalue weighted by Crippen LogP contribution is 2.37. The Labute approximate surface area is 89.9 Å². The predicted molar refractivity (Wildman–Crippen MR) is 61.5 cm³/mol. The molecule has 1 atom stereocenters. The van der Waals surface area contributed by atoms with Gasteiger partial charge >= 0.3 is 0 Å². The number of allylic oxidation sites excluding steroid dienone is 4. The van der Waals surface area contributed by atoms with Crippen molar-refractivity contribution in [2.45, 2.75) is 18.2 Å². The molecule has 14 heavy (non-hydrogen) atoms. The zero-order valence-electron chi connectivity index (χ0n) is 8.20. The van der Waals surface area contributed by atoms with Crippen molar-refractivity contribution in [1.29, 1.82) is 0 Å². The molecule has 0 fully saturated rings. The van der Waals surface area contributed by atoms with Crippen LogP contribution in [0.25, 0.3) is 0 Å². The van der Waals surface area contributed by atoms with Gasteiger partial charge in [-0.2, -0.15) is 0 Å². The van der Waals surface area contributed by atoms with E-state index in [4.69, 9.17) is 11.6 Å². The topological polar surface area (TPSA) is 0 Å². The van der Waals surface area contributed by atoms with E-state index in [2.05, 4.69) is 37.3 Å². The average molecular weight is 205 g/mol. The van der Waals surface area contributed by atoms with Gasteiger partial charge in [0.1, 0.15) is 0 Å². The fourth-order valence-corrected chi connectivity index (χ4v) is 1.90. The molecule has 0 heterocycles. The number of hydrogen-bond acceptors (Lipinski definition) is 0. The molecule has 0 spiro atoms. The molecule has 0 N–H and O–H groups in total. The average Bonchev–Trinajstić information content (AvgIpc) is 2.24. The Balaban J connectivity index is 2.32. The third-order valence-corrected chi connectivity index (χ3v) is 3.08. The van der Waals surface area contributed by atoms with Gasteiger partial charge in [-0.15, -0.1) is 11.6 Å². The molecule has 0 aliphatic heterocycles. The van der Waals surface area contributed by atoms with Crippen LogP contribution in [0.5, 0.6) is 0 Å². The van der Waals surface area contributed by atoms with Gasteiger partial charge in [-0.25, -0.2) is 0 Å². The van der Waals surface area contributed by atoms with Crippen LogP contribution in [0.1, 0.15) is 18.9 Å².